The molecule has 0 bridgehead atoms. The van der Waals surface area contributed by atoms with Gasteiger partial charge in [-0.15, -0.1) is 0 Å². The number of aromatic nitrogens is 3. The molecule has 0 saturated heterocycles. The lowest BCUT2D eigenvalue weighted by atomic mass is 10.3. The van der Waals surface area contributed by atoms with Gasteiger partial charge in [0.2, 0.25) is 0 Å². The molecular weight excluding hydrogens is 401 g/mol. The fourth-order valence-corrected chi connectivity index (χ4v) is 4.58. The largest absolute Gasteiger partial charge is 0.302 e. The average Bonchev–Trinajstić information content (AvgIpc) is 3.30. The zero-order chi connectivity index (χ0) is 21.3. The van der Waals surface area contributed by atoms with E-state index in [1.165, 1.54) is 23.5 Å². The number of pyridine rings is 1. The number of hydrogen-bond donors (Lipinski definition) is 0. The first-order chi connectivity index (χ1) is 14.5. The standard InChI is InChI=1S/C22H24FN5OS/c1-4-26(5-2)12-13-28(22-25-17-10-9-16(23)14-18(17)30-22)21(29)20-15(3)24-19-8-6-7-11-27(19)20/h6-11,14H,4-5,12-13H2,1-3H3. The summed E-state index contributed by atoms with van der Waals surface area (Å²) in [6.07, 6.45) is 1.85. The zero-order valence-electron chi connectivity index (χ0n) is 17.3. The molecule has 1 aromatic carbocycles. The number of anilines is 1. The number of hydrogen-bond acceptors (Lipinski definition) is 5. The Kier molecular flexibility index (Phi) is 5.78. The Hall–Kier alpha value is -2.84. The minimum absolute atomic E-state index is 0.155. The highest BCUT2D eigenvalue weighted by molar-refractivity contribution is 7.22. The third kappa shape index (κ3) is 3.80. The second-order valence-corrected chi connectivity index (χ2v) is 8.08. The summed E-state index contributed by atoms with van der Waals surface area (Å²) >= 11 is 1.33. The van der Waals surface area contributed by atoms with Gasteiger partial charge in [0.05, 0.1) is 15.9 Å². The molecule has 0 atom stereocenters. The molecule has 0 aliphatic rings. The summed E-state index contributed by atoms with van der Waals surface area (Å²) in [5.74, 6) is -0.464. The van der Waals surface area contributed by atoms with Crippen molar-refractivity contribution in [1.82, 2.24) is 19.3 Å². The van der Waals surface area contributed by atoms with Crippen molar-refractivity contribution in [1.29, 1.82) is 0 Å². The minimum atomic E-state index is -0.309. The summed E-state index contributed by atoms with van der Waals surface area (Å²) in [7, 11) is 0. The number of nitrogens with zero attached hydrogens (tertiary/aromatic N) is 5. The summed E-state index contributed by atoms with van der Waals surface area (Å²) in [4.78, 5) is 26.8. The topological polar surface area (TPSA) is 53.7 Å². The molecule has 0 aliphatic heterocycles. The summed E-state index contributed by atoms with van der Waals surface area (Å²) in [5.41, 5.74) is 2.61. The van der Waals surface area contributed by atoms with Crippen LogP contribution in [0.5, 0.6) is 0 Å². The molecule has 0 N–H and O–H groups in total. The number of imidazole rings is 1. The molecule has 0 radical (unpaired) electrons. The monoisotopic (exact) mass is 425 g/mol. The van der Waals surface area contributed by atoms with Crippen LogP contribution < -0.4 is 4.90 Å². The Morgan fingerprint density at radius 3 is 2.70 bits per heavy atom. The van der Waals surface area contributed by atoms with Gasteiger partial charge in [-0.2, -0.15) is 0 Å². The fraction of sp³-hybridized carbons (Fsp3) is 0.318. The van der Waals surface area contributed by atoms with Crippen molar-refractivity contribution in [2.75, 3.05) is 31.1 Å². The predicted octanol–water partition coefficient (Wildman–Crippen LogP) is 4.38. The molecule has 0 spiro atoms. The Morgan fingerprint density at radius 2 is 1.93 bits per heavy atom. The highest BCUT2D eigenvalue weighted by Crippen LogP contribution is 2.30. The summed E-state index contributed by atoms with van der Waals surface area (Å²) < 4.78 is 16.2. The molecular formula is C22H24FN5OS. The van der Waals surface area contributed by atoms with Crippen LogP contribution in [0.15, 0.2) is 42.6 Å². The molecule has 0 fully saturated rings. The lowest BCUT2D eigenvalue weighted by molar-refractivity contribution is 0.0977. The van der Waals surface area contributed by atoms with Crippen LogP contribution in [0.25, 0.3) is 15.9 Å². The van der Waals surface area contributed by atoms with E-state index in [-0.39, 0.29) is 11.7 Å². The molecule has 30 heavy (non-hydrogen) atoms. The summed E-state index contributed by atoms with van der Waals surface area (Å²) in [5, 5.41) is 0.568. The van der Waals surface area contributed by atoms with Gasteiger partial charge in [-0.3, -0.25) is 14.1 Å². The van der Waals surface area contributed by atoms with E-state index in [0.29, 0.717) is 28.6 Å². The van der Waals surface area contributed by atoms with Crippen LogP contribution >= 0.6 is 11.3 Å². The van der Waals surface area contributed by atoms with E-state index in [2.05, 4.69) is 28.7 Å². The maximum absolute atomic E-state index is 13.7. The van der Waals surface area contributed by atoms with E-state index in [1.54, 1.807) is 11.0 Å². The lowest BCUT2D eigenvalue weighted by Crippen LogP contribution is -2.39. The van der Waals surface area contributed by atoms with E-state index in [4.69, 9.17) is 0 Å². The van der Waals surface area contributed by atoms with Crippen molar-refractivity contribution in [2.24, 2.45) is 0 Å². The van der Waals surface area contributed by atoms with Crippen LogP contribution in [0.4, 0.5) is 9.52 Å². The number of carbonyl (C=O) groups is 1. The Morgan fingerprint density at radius 1 is 1.13 bits per heavy atom. The number of amides is 1. The third-order valence-corrected chi connectivity index (χ3v) is 6.30. The number of benzene rings is 1. The molecule has 1 amide bonds. The smallest absolute Gasteiger partial charge is 0.279 e. The SMILES string of the molecule is CCN(CC)CCN(C(=O)c1c(C)nc2ccccn12)c1nc2ccc(F)cc2s1. The van der Waals surface area contributed by atoms with Gasteiger partial charge in [0.15, 0.2) is 5.13 Å². The van der Waals surface area contributed by atoms with Gasteiger partial charge in [0.25, 0.3) is 5.91 Å². The quantitative estimate of drug-likeness (QED) is 0.441. The number of rotatable bonds is 7. The Balaban J connectivity index is 1.77. The van der Waals surface area contributed by atoms with Gasteiger partial charge in [-0.1, -0.05) is 31.3 Å². The molecule has 0 saturated carbocycles. The van der Waals surface area contributed by atoms with Crippen LogP contribution in [0.3, 0.4) is 0 Å². The molecule has 0 aliphatic carbocycles. The second kappa shape index (κ2) is 8.49. The highest BCUT2D eigenvalue weighted by atomic mass is 32.1. The van der Waals surface area contributed by atoms with E-state index in [0.717, 1.165) is 30.0 Å². The first-order valence-electron chi connectivity index (χ1n) is 10.1. The van der Waals surface area contributed by atoms with E-state index < -0.39 is 0 Å². The Bertz CT molecular complexity index is 1200. The maximum Gasteiger partial charge on any atom is 0.279 e. The number of halogens is 1. The highest BCUT2D eigenvalue weighted by Gasteiger charge is 2.26. The summed E-state index contributed by atoms with van der Waals surface area (Å²) in [6.45, 7) is 9.06. The van der Waals surface area contributed by atoms with Crippen LogP contribution in [0.1, 0.15) is 30.0 Å². The lowest BCUT2D eigenvalue weighted by Gasteiger charge is -2.24. The van der Waals surface area contributed by atoms with Gasteiger partial charge in [0, 0.05) is 19.3 Å². The van der Waals surface area contributed by atoms with Crippen molar-refractivity contribution in [3.05, 3.63) is 59.8 Å². The molecule has 3 heterocycles. The van der Waals surface area contributed by atoms with Gasteiger partial charge < -0.3 is 4.90 Å². The van der Waals surface area contributed by atoms with Crippen LogP contribution in [-0.2, 0) is 0 Å². The van der Waals surface area contributed by atoms with E-state index in [9.17, 15) is 9.18 Å². The molecule has 6 nitrogen and oxygen atoms in total. The van der Waals surface area contributed by atoms with Crippen molar-refractivity contribution in [3.8, 4) is 0 Å². The van der Waals surface area contributed by atoms with Gasteiger partial charge in [-0.25, -0.2) is 14.4 Å². The number of likely N-dealkylation sites (N-methyl/N-ethyl adjacent to an activating group) is 1. The first-order valence-corrected chi connectivity index (χ1v) is 10.9. The minimum Gasteiger partial charge on any atom is -0.302 e. The van der Waals surface area contributed by atoms with Crippen LogP contribution in [0, 0.1) is 12.7 Å². The molecule has 4 rings (SSSR count). The average molecular weight is 426 g/mol. The second-order valence-electron chi connectivity index (χ2n) is 7.07. The van der Waals surface area contributed by atoms with Gasteiger partial charge in [0.1, 0.15) is 17.2 Å². The van der Waals surface area contributed by atoms with Crippen molar-refractivity contribution >= 4 is 38.2 Å². The number of aryl methyl sites for hydroxylation is 1. The summed E-state index contributed by atoms with van der Waals surface area (Å²) in [6, 6.07) is 10.2. The molecule has 156 valence electrons. The molecule has 4 aromatic rings. The normalized spacial score (nSPS) is 11.6. The Labute approximate surface area is 178 Å². The van der Waals surface area contributed by atoms with Gasteiger partial charge in [-0.05, 0) is 50.3 Å². The molecule has 0 unspecified atom stereocenters. The first kappa shape index (κ1) is 20.4. The van der Waals surface area contributed by atoms with Crippen molar-refractivity contribution in [2.45, 2.75) is 20.8 Å². The fourth-order valence-electron chi connectivity index (χ4n) is 3.57. The van der Waals surface area contributed by atoms with Gasteiger partial charge >= 0.3 is 0 Å². The third-order valence-electron chi connectivity index (χ3n) is 5.26. The molecule has 8 heteroatoms. The van der Waals surface area contributed by atoms with Crippen molar-refractivity contribution in [3.63, 3.8) is 0 Å². The number of fused-ring (bicyclic) bond motifs is 2. The van der Waals surface area contributed by atoms with Crippen molar-refractivity contribution < 1.29 is 9.18 Å². The predicted molar refractivity (Wildman–Crippen MR) is 119 cm³/mol. The number of thiazole rings is 1. The van der Waals surface area contributed by atoms with E-state index >= 15 is 0 Å². The van der Waals surface area contributed by atoms with E-state index in [1.807, 2.05) is 35.7 Å². The maximum atomic E-state index is 13.7. The van der Waals surface area contributed by atoms with Crippen LogP contribution in [-0.4, -0.2) is 51.4 Å². The molecule has 3 aromatic heterocycles. The zero-order valence-corrected chi connectivity index (χ0v) is 18.1. The van der Waals surface area contributed by atoms with Crippen LogP contribution in [0.2, 0.25) is 0 Å². The number of carbonyl (C=O) groups excluding carboxylic acids is 1.